The lowest BCUT2D eigenvalue weighted by Gasteiger charge is -2.08. The lowest BCUT2D eigenvalue weighted by atomic mass is 10.3. The van der Waals surface area contributed by atoms with Crippen molar-refractivity contribution in [1.29, 1.82) is 5.41 Å². The summed E-state index contributed by atoms with van der Waals surface area (Å²) in [6.45, 7) is 2.50. The van der Waals surface area contributed by atoms with Crippen LogP contribution < -0.4 is 15.1 Å². The van der Waals surface area contributed by atoms with Gasteiger partial charge in [-0.25, -0.2) is 0 Å². The Morgan fingerprint density at radius 3 is 1.66 bits per heavy atom. The van der Waals surface area contributed by atoms with Crippen molar-refractivity contribution in [3.63, 3.8) is 0 Å². The molecule has 0 aliphatic carbocycles. The smallest absolute Gasteiger partial charge is 0.203 e. The molecule has 0 fully saturated rings. The van der Waals surface area contributed by atoms with Gasteiger partial charge in [-0.3, -0.25) is 5.41 Å². The van der Waals surface area contributed by atoms with Crippen molar-refractivity contribution < 1.29 is 9.47 Å². The molecule has 0 saturated carbocycles. The molecule has 0 saturated heterocycles. The van der Waals surface area contributed by atoms with Gasteiger partial charge in [-0.15, -0.1) is 0 Å². The van der Waals surface area contributed by atoms with Crippen molar-refractivity contribution in [3.05, 3.63) is 90.5 Å². The van der Waals surface area contributed by atoms with Crippen molar-refractivity contribution >= 4 is 11.0 Å². The largest absolute Gasteiger partial charge is 0.494 e. The first-order chi connectivity index (χ1) is 14.3. The number of imidazole rings is 1. The zero-order valence-electron chi connectivity index (χ0n) is 16.3. The Hall–Kier alpha value is -3.47. The first-order valence-electron chi connectivity index (χ1n) is 9.91. The minimum absolute atomic E-state index is 0.488. The number of benzene rings is 3. The summed E-state index contributed by atoms with van der Waals surface area (Å²) in [5.41, 5.74) is 2.61. The van der Waals surface area contributed by atoms with Gasteiger partial charge in [0.1, 0.15) is 18.1 Å². The fourth-order valence-corrected chi connectivity index (χ4v) is 3.45. The van der Waals surface area contributed by atoms with Crippen LogP contribution in [0.3, 0.4) is 0 Å². The number of fused-ring (bicyclic) bond motifs is 1. The Morgan fingerprint density at radius 1 is 0.586 bits per heavy atom. The first kappa shape index (κ1) is 18.9. The highest BCUT2D eigenvalue weighted by Crippen LogP contribution is 2.15. The van der Waals surface area contributed by atoms with Crippen LogP contribution in [0.15, 0.2) is 84.9 Å². The third-order valence-corrected chi connectivity index (χ3v) is 4.84. The highest BCUT2D eigenvalue weighted by atomic mass is 16.5. The second-order valence-corrected chi connectivity index (χ2v) is 6.79. The number of rotatable bonds is 9. The van der Waals surface area contributed by atoms with Gasteiger partial charge in [0.2, 0.25) is 5.62 Å². The highest BCUT2D eigenvalue weighted by molar-refractivity contribution is 5.75. The summed E-state index contributed by atoms with van der Waals surface area (Å²) >= 11 is 0. The molecule has 5 nitrogen and oxygen atoms in total. The normalized spacial score (nSPS) is 10.9. The van der Waals surface area contributed by atoms with Crippen LogP contribution in [-0.4, -0.2) is 22.3 Å². The molecule has 1 heterocycles. The summed E-state index contributed by atoms with van der Waals surface area (Å²) in [5.74, 6) is 1.73. The fraction of sp³-hybridized carbons (Fsp3) is 0.208. The average molecular weight is 387 g/mol. The lowest BCUT2D eigenvalue weighted by Crippen LogP contribution is -2.27. The molecule has 3 aromatic carbocycles. The van der Waals surface area contributed by atoms with Crippen LogP contribution in [0.1, 0.15) is 6.42 Å². The molecule has 1 aromatic heterocycles. The van der Waals surface area contributed by atoms with Gasteiger partial charge in [0.25, 0.3) is 0 Å². The van der Waals surface area contributed by atoms with Gasteiger partial charge in [0, 0.05) is 6.54 Å². The highest BCUT2D eigenvalue weighted by Gasteiger charge is 2.10. The lowest BCUT2D eigenvalue weighted by molar-refractivity contribution is 0.292. The average Bonchev–Trinajstić information content (AvgIpc) is 3.04. The van der Waals surface area contributed by atoms with Gasteiger partial charge in [-0.2, -0.15) is 0 Å². The molecule has 29 heavy (non-hydrogen) atoms. The van der Waals surface area contributed by atoms with Crippen LogP contribution in [0.2, 0.25) is 0 Å². The molecule has 0 atom stereocenters. The van der Waals surface area contributed by atoms with Crippen molar-refractivity contribution in [2.24, 2.45) is 0 Å². The standard InChI is InChI=1S/C24H25N3O2/c25-24-26(16-9-18-28-20-10-3-1-4-11-20)22-14-7-8-15-23(22)27(24)17-19-29-21-12-5-2-6-13-21/h1-8,10-15,25H,9,16-19H2. The third-order valence-electron chi connectivity index (χ3n) is 4.84. The van der Waals surface area contributed by atoms with Gasteiger partial charge in [0.15, 0.2) is 0 Å². The monoisotopic (exact) mass is 387 g/mol. The number of nitrogens with zero attached hydrogens (tertiary/aromatic N) is 2. The topological polar surface area (TPSA) is 52.2 Å². The number of aryl methyl sites for hydroxylation is 1. The van der Waals surface area contributed by atoms with E-state index >= 15 is 0 Å². The molecular formula is C24H25N3O2. The quantitative estimate of drug-likeness (QED) is 0.431. The molecular weight excluding hydrogens is 362 g/mol. The summed E-state index contributed by atoms with van der Waals surface area (Å²) in [7, 11) is 0. The summed E-state index contributed by atoms with van der Waals surface area (Å²) in [4.78, 5) is 0. The Labute approximate surface area is 170 Å². The van der Waals surface area contributed by atoms with Crippen LogP contribution in [0.5, 0.6) is 11.5 Å². The van der Waals surface area contributed by atoms with Crippen molar-refractivity contribution in [2.75, 3.05) is 13.2 Å². The van der Waals surface area contributed by atoms with Crippen LogP contribution in [0.25, 0.3) is 11.0 Å². The maximum atomic E-state index is 8.69. The van der Waals surface area contributed by atoms with E-state index in [1.54, 1.807) is 0 Å². The first-order valence-corrected chi connectivity index (χ1v) is 9.91. The Bertz CT molecular complexity index is 1100. The van der Waals surface area contributed by atoms with Gasteiger partial charge >= 0.3 is 0 Å². The Kier molecular flexibility index (Phi) is 5.95. The maximum Gasteiger partial charge on any atom is 0.203 e. The van der Waals surface area contributed by atoms with Crippen molar-refractivity contribution in [3.8, 4) is 11.5 Å². The van der Waals surface area contributed by atoms with E-state index in [0.717, 1.165) is 35.5 Å². The molecule has 0 unspecified atom stereocenters. The van der Waals surface area contributed by atoms with E-state index in [0.29, 0.717) is 25.4 Å². The van der Waals surface area contributed by atoms with E-state index < -0.39 is 0 Å². The molecule has 0 aliphatic heterocycles. The number of hydrogen-bond donors (Lipinski definition) is 1. The number of ether oxygens (including phenoxy) is 2. The van der Waals surface area contributed by atoms with Gasteiger partial charge in [-0.05, 0) is 42.8 Å². The summed E-state index contributed by atoms with van der Waals surface area (Å²) in [6.07, 6.45) is 0.833. The van der Waals surface area contributed by atoms with E-state index in [1.165, 1.54) is 0 Å². The molecule has 148 valence electrons. The number of hydrogen-bond acceptors (Lipinski definition) is 3. The van der Waals surface area contributed by atoms with Crippen LogP contribution in [-0.2, 0) is 13.1 Å². The summed E-state index contributed by atoms with van der Waals surface area (Å²) < 4.78 is 15.7. The van der Waals surface area contributed by atoms with Crippen LogP contribution >= 0.6 is 0 Å². The predicted octanol–water partition coefficient (Wildman–Crippen LogP) is 4.47. The molecule has 4 rings (SSSR count). The van der Waals surface area contributed by atoms with E-state index in [-0.39, 0.29) is 0 Å². The Morgan fingerprint density at radius 2 is 1.07 bits per heavy atom. The second kappa shape index (κ2) is 9.15. The summed E-state index contributed by atoms with van der Waals surface area (Å²) in [5, 5.41) is 8.69. The van der Waals surface area contributed by atoms with Crippen molar-refractivity contribution in [1.82, 2.24) is 9.13 Å². The summed E-state index contributed by atoms with van der Waals surface area (Å²) in [6, 6.07) is 27.8. The maximum absolute atomic E-state index is 8.69. The number of aromatic nitrogens is 2. The molecule has 5 heteroatoms. The molecule has 4 aromatic rings. The zero-order valence-corrected chi connectivity index (χ0v) is 16.3. The minimum Gasteiger partial charge on any atom is -0.494 e. The molecule has 0 aliphatic rings. The minimum atomic E-state index is 0.488. The van der Waals surface area contributed by atoms with Crippen molar-refractivity contribution in [2.45, 2.75) is 19.5 Å². The predicted molar refractivity (Wildman–Crippen MR) is 114 cm³/mol. The third kappa shape index (κ3) is 4.51. The van der Waals surface area contributed by atoms with E-state index in [2.05, 4.69) is 12.1 Å². The second-order valence-electron chi connectivity index (χ2n) is 6.79. The van der Waals surface area contributed by atoms with Crippen LogP contribution in [0, 0.1) is 5.41 Å². The van der Waals surface area contributed by atoms with Gasteiger partial charge in [0.05, 0.1) is 24.2 Å². The molecule has 0 spiro atoms. The van der Waals surface area contributed by atoms with E-state index in [1.807, 2.05) is 81.9 Å². The number of para-hydroxylation sites is 4. The van der Waals surface area contributed by atoms with E-state index in [9.17, 15) is 0 Å². The molecule has 1 N–H and O–H groups in total. The number of nitrogens with one attached hydrogen (secondary N) is 1. The molecule has 0 bridgehead atoms. The fourth-order valence-electron chi connectivity index (χ4n) is 3.45. The molecule has 0 amide bonds. The zero-order chi connectivity index (χ0) is 19.9. The Balaban J connectivity index is 1.43. The van der Waals surface area contributed by atoms with Gasteiger partial charge in [-0.1, -0.05) is 48.5 Å². The van der Waals surface area contributed by atoms with E-state index in [4.69, 9.17) is 14.9 Å². The van der Waals surface area contributed by atoms with Gasteiger partial charge < -0.3 is 18.6 Å². The van der Waals surface area contributed by atoms with Crippen LogP contribution in [0.4, 0.5) is 0 Å². The molecule has 0 radical (unpaired) electrons. The SMILES string of the molecule is N=c1n(CCCOc2ccccc2)c2ccccc2n1CCOc1ccccc1.